The second kappa shape index (κ2) is 5.14. The van der Waals surface area contributed by atoms with Gasteiger partial charge in [-0.25, -0.2) is 9.97 Å². The van der Waals surface area contributed by atoms with Gasteiger partial charge in [-0.3, -0.25) is 9.78 Å². The zero-order valence-corrected chi connectivity index (χ0v) is 11.2. The van der Waals surface area contributed by atoms with E-state index in [4.69, 9.17) is 0 Å². The SMILES string of the molecule is CC(C)(C)NC(=O)c1ccnc(-c2cncnc2)c1. The number of carbonyl (C=O) groups is 1. The molecule has 5 nitrogen and oxygen atoms in total. The molecule has 2 aromatic rings. The lowest BCUT2D eigenvalue weighted by atomic mass is 10.1. The minimum absolute atomic E-state index is 0.118. The summed E-state index contributed by atoms with van der Waals surface area (Å²) in [5, 5.41) is 2.92. The summed E-state index contributed by atoms with van der Waals surface area (Å²) in [6, 6.07) is 3.42. The van der Waals surface area contributed by atoms with Crippen molar-refractivity contribution in [3.05, 3.63) is 42.6 Å². The topological polar surface area (TPSA) is 67.8 Å². The van der Waals surface area contributed by atoms with Crippen LogP contribution >= 0.6 is 0 Å². The van der Waals surface area contributed by atoms with Gasteiger partial charge in [0.15, 0.2) is 0 Å². The summed E-state index contributed by atoms with van der Waals surface area (Å²) in [6.45, 7) is 5.83. The average Bonchev–Trinajstić information content (AvgIpc) is 2.38. The van der Waals surface area contributed by atoms with Crippen LogP contribution in [0.25, 0.3) is 11.3 Å². The third-order valence-electron chi connectivity index (χ3n) is 2.37. The van der Waals surface area contributed by atoms with Crippen molar-refractivity contribution in [2.24, 2.45) is 0 Å². The first-order valence-electron chi connectivity index (χ1n) is 6.00. The molecular formula is C14H16N4O. The number of hydrogen-bond donors (Lipinski definition) is 1. The molecule has 19 heavy (non-hydrogen) atoms. The van der Waals surface area contributed by atoms with Gasteiger partial charge in [-0.2, -0.15) is 0 Å². The summed E-state index contributed by atoms with van der Waals surface area (Å²) < 4.78 is 0. The molecule has 0 unspecified atom stereocenters. The van der Waals surface area contributed by atoms with E-state index in [1.807, 2.05) is 20.8 Å². The average molecular weight is 256 g/mol. The van der Waals surface area contributed by atoms with E-state index in [2.05, 4.69) is 20.3 Å². The van der Waals surface area contributed by atoms with Crippen molar-refractivity contribution in [3.8, 4) is 11.3 Å². The number of rotatable bonds is 2. The Bertz CT molecular complexity index is 575. The van der Waals surface area contributed by atoms with Crippen LogP contribution in [0.2, 0.25) is 0 Å². The highest BCUT2D eigenvalue weighted by molar-refractivity contribution is 5.95. The summed E-state index contributed by atoms with van der Waals surface area (Å²) in [5.41, 5.74) is 1.77. The third kappa shape index (κ3) is 3.58. The van der Waals surface area contributed by atoms with E-state index < -0.39 is 0 Å². The van der Waals surface area contributed by atoms with E-state index in [-0.39, 0.29) is 11.4 Å². The number of amides is 1. The van der Waals surface area contributed by atoms with E-state index >= 15 is 0 Å². The lowest BCUT2D eigenvalue weighted by Gasteiger charge is -2.20. The van der Waals surface area contributed by atoms with Gasteiger partial charge >= 0.3 is 0 Å². The molecule has 0 aliphatic carbocycles. The van der Waals surface area contributed by atoms with Crippen LogP contribution in [0.5, 0.6) is 0 Å². The predicted octanol–water partition coefficient (Wildman–Crippen LogP) is 2.07. The number of nitrogens with one attached hydrogen (secondary N) is 1. The van der Waals surface area contributed by atoms with Crippen molar-refractivity contribution in [1.29, 1.82) is 0 Å². The summed E-state index contributed by atoms with van der Waals surface area (Å²) in [6.07, 6.45) is 6.40. The third-order valence-corrected chi connectivity index (χ3v) is 2.37. The van der Waals surface area contributed by atoms with E-state index in [1.165, 1.54) is 6.33 Å². The molecule has 0 radical (unpaired) electrons. The van der Waals surface area contributed by atoms with Gasteiger partial charge in [0.1, 0.15) is 6.33 Å². The molecule has 2 aromatic heterocycles. The number of aromatic nitrogens is 3. The van der Waals surface area contributed by atoms with E-state index in [0.717, 1.165) is 5.56 Å². The quantitative estimate of drug-likeness (QED) is 0.893. The molecule has 98 valence electrons. The fraction of sp³-hybridized carbons (Fsp3) is 0.286. The predicted molar refractivity (Wildman–Crippen MR) is 72.5 cm³/mol. The van der Waals surface area contributed by atoms with Crippen molar-refractivity contribution >= 4 is 5.91 Å². The monoisotopic (exact) mass is 256 g/mol. The van der Waals surface area contributed by atoms with Crippen LogP contribution < -0.4 is 5.32 Å². The molecule has 0 fully saturated rings. The molecule has 5 heteroatoms. The molecule has 2 heterocycles. The van der Waals surface area contributed by atoms with Gasteiger partial charge in [0.05, 0.1) is 5.69 Å². The Balaban J connectivity index is 2.28. The Labute approximate surface area is 112 Å². The molecule has 0 aliphatic rings. The summed E-state index contributed by atoms with van der Waals surface area (Å²) in [4.78, 5) is 24.2. The minimum Gasteiger partial charge on any atom is -0.347 e. The van der Waals surface area contributed by atoms with E-state index in [0.29, 0.717) is 11.3 Å². The van der Waals surface area contributed by atoms with Gasteiger partial charge in [0, 0.05) is 35.3 Å². The Morgan fingerprint density at radius 1 is 1.21 bits per heavy atom. The van der Waals surface area contributed by atoms with Crippen molar-refractivity contribution < 1.29 is 4.79 Å². The first-order chi connectivity index (χ1) is 8.96. The standard InChI is InChI=1S/C14H16N4O/c1-14(2,3)18-13(19)10-4-5-17-12(6-10)11-7-15-9-16-8-11/h4-9H,1-3H3,(H,18,19). The molecule has 0 saturated carbocycles. The Hall–Kier alpha value is -2.30. The van der Waals surface area contributed by atoms with Crippen LogP contribution in [0.3, 0.4) is 0 Å². The van der Waals surface area contributed by atoms with Crippen LogP contribution in [-0.2, 0) is 0 Å². The molecule has 0 bridgehead atoms. The van der Waals surface area contributed by atoms with Crippen molar-refractivity contribution in [3.63, 3.8) is 0 Å². The molecule has 2 rings (SSSR count). The Kier molecular flexibility index (Phi) is 3.55. The van der Waals surface area contributed by atoms with Crippen LogP contribution in [0.15, 0.2) is 37.1 Å². The van der Waals surface area contributed by atoms with Crippen LogP contribution in [0.1, 0.15) is 31.1 Å². The second-order valence-corrected chi connectivity index (χ2v) is 5.26. The van der Waals surface area contributed by atoms with Crippen LogP contribution in [0, 0.1) is 0 Å². The number of carbonyl (C=O) groups excluding carboxylic acids is 1. The first kappa shape index (κ1) is 13.1. The molecule has 0 atom stereocenters. The van der Waals surface area contributed by atoms with Gasteiger partial charge in [-0.1, -0.05) is 0 Å². The lowest BCUT2D eigenvalue weighted by Crippen LogP contribution is -2.40. The zero-order valence-electron chi connectivity index (χ0n) is 11.2. The van der Waals surface area contributed by atoms with Gasteiger partial charge in [0.25, 0.3) is 5.91 Å². The van der Waals surface area contributed by atoms with Crippen molar-refractivity contribution in [2.75, 3.05) is 0 Å². The van der Waals surface area contributed by atoms with Crippen molar-refractivity contribution in [1.82, 2.24) is 20.3 Å². The fourth-order valence-electron chi connectivity index (χ4n) is 1.57. The maximum atomic E-state index is 12.1. The molecule has 1 amide bonds. The van der Waals surface area contributed by atoms with Gasteiger partial charge < -0.3 is 5.32 Å². The molecule has 0 aromatic carbocycles. The minimum atomic E-state index is -0.267. The highest BCUT2D eigenvalue weighted by atomic mass is 16.1. The van der Waals surface area contributed by atoms with Gasteiger partial charge in [-0.05, 0) is 32.9 Å². The molecule has 0 spiro atoms. The number of nitrogens with zero attached hydrogens (tertiary/aromatic N) is 3. The largest absolute Gasteiger partial charge is 0.347 e. The highest BCUT2D eigenvalue weighted by Crippen LogP contribution is 2.15. The number of hydrogen-bond acceptors (Lipinski definition) is 4. The van der Waals surface area contributed by atoms with E-state index in [1.54, 1.807) is 30.7 Å². The summed E-state index contributed by atoms with van der Waals surface area (Å²) in [7, 11) is 0. The molecule has 0 saturated heterocycles. The Morgan fingerprint density at radius 2 is 1.89 bits per heavy atom. The summed E-state index contributed by atoms with van der Waals surface area (Å²) in [5.74, 6) is -0.118. The van der Waals surface area contributed by atoms with E-state index in [9.17, 15) is 4.79 Å². The molecule has 1 N–H and O–H groups in total. The molecule has 0 aliphatic heterocycles. The zero-order chi connectivity index (χ0) is 13.9. The van der Waals surface area contributed by atoms with Crippen molar-refractivity contribution in [2.45, 2.75) is 26.3 Å². The second-order valence-electron chi connectivity index (χ2n) is 5.26. The van der Waals surface area contributed by atoms with Gasteiger partial charge in [0.2, 0.25) is 0 Å². The highest BCUT2D eigenvalue weighted by Gasteiger charge is 2.15. The molecular weight excluding hydrogens is 240 g/mol. The Morgan fingerprint density at radius 3 is 2.53 bits per heavy atom. The maximum Gasteiger partial charge on any atom is 0.251 e. The normalized spacial score (nSPS) is 11.1. The number of pyridine rings is 1. The van der Waals surface area contributed by atoms with Gasteiger partial charge in [-0.15, -0.1) is 0 Å². The van der Waals surface area contributed by atoms with Crippen LogP contribution in [-0.4, -0.2) is 26.4 Å². The maximum absolute atomic E-state index is 12.1. The van der Waals surface area contributed by atoms with Crippen LogP contribution in [0.4, 0.5) is 0 Å². The lowest BCUT2D eigenvalue weighted by molar-refractivity contribution is 0.0919. The summed E-state index contributed by atoms with van der Waals surface area (Å²) >= 11 is 0. The smallest absolute Gasteiger partial charge is 0.251 e. The first-order valence-corrected chi connectivity index (χ1v) is 6.00. The fourth-order valence-corrected chi connectivity index (χ4v) is 1.57.